The molecule has 0 spiro atoms. The Balaban J connectivity index is 1.47. The summed E-state index contributed by atoms with van der Waals surface area (Å²) in [4.78, 5) is 28.9. The Kier molecular flexibility index (Phi) is 5.24. The molecule has 0 aliphatic heterocycles. The third kappa shape index (κ3) is 4.27. The molecule has 0 atom stereocenters. The Morgan fingerprint density at radius 2 is 1.76 bits per heavy atom. The highest BCUT2D eigenvalue weighted by Crippen LogP contribution is 2.18. The van der Waals surface area contributed by atoms with E-state index in [0.29, 0.717) is 11.6 Å². The lowest BCUT2D eigenvalue weighted by molar-refractivity contribution is -0.122. The molecule has 2 aromatic carbocycles. The van der Waals surface area contributed by atoms with Crippen LogP contribution in [0.15, 0.2) is 77.4 Å². The second kappa shape index (κ2) is 8.30. The van der Waals surface area contributed by atoms with Gasteiger partial charge in [-0.3, -0.25) is 20.4 Å². The number of furan rings is 1. The topological polar surface area (TPSA) is 98.4 Å². The number of aromatic nitrogens is 2. The van der Waals surface area contributed by atoms with E-state index < -0.39 is 11.8 Å². The van der Waals surface area contributed by atoms with Gasteiger partial charge in [0.2, 0.25) is 0 Å². The summed E-state index contributed by atoms with van der Waals surface area (Å²) >= 11 is 0. The van der Waals surface area contributed by atoms with E-state index in [-0.39, 0.29) is 18.9 Å². The maximum Gasteiger partial charge on any atom is 0.305 e. The summed E-state index contributed by atoms with van der Waals surface area (Å²) in [5.41, 5.74) is 6.27. The number of rotatable bonds is 6. The third-order valence-corrected chi connectivity index (χ3v) is 4.21. The minimum atomic E-state index is -0.536. The van der Waals surface area contributed by atoms with Crippen molar-refractivity contribution in [2.24, 2.45) is 0 Å². The summed E-state index contributed by atoms with van der Waals surface area (Å²) in [7, 11) is 0. The Labute approximate surface area is 166 Å². The molecule has 0 saturated carbocycles. The summed E-state index contributed by atoms with van der Waals surface area (Å²) in [6.07, 6.45) is 1.38. The van der Waals surface area contributed by atoms with Gasteiger partial charge >= 0.3 is 5.91 Å². The van der Waals surface area contributed by atoms with Crippen LogP contribution in [0.4, 0.5) is 0 Å². The zero-order valence-corrected chi connectivity index (χ0v) is 15.4. The lowest BCUT2D eigenvalue weighted by Gasteiger charge is -2.11. The van der Waals surface area contributed by atoms with Crippen LogP contribution in [0.25, 0.3) is 11.0 Å². The average Bonchev–Trinajstić information content (AvgIpc) is 3.40. The summed E-state index contributed by atoms with van der Waals surface area (Å²) in [5.74, 6) is 0.472. The van der Waals surface area contributed by atoms with E-state index in [1.165, 1.54) is 12.3 Å². The molecule has 0 unspecified atom stereocenters. The molecule has 146 valence electrons. The molecule has 0 fully saturated rings. The summed E-state index contributed by atoms with van der Waals surface area (Å²) in [6.45, 7) is 0.164. The average molecular weight is 390 g/mol. The summed E-state index contributed by atoms with van der Waals surface area (Å²) in [6, 6.07) is 20.0. The molecule has 29 heavy (non-hydrogen) atoms. The highest BCUT2D eigenvalue weighted by Gasteiger charge is 2.15. The van der Waals surface area contributed by atoms with Gasteiger partial charge in [0.25, 0.3) is 5.91 Å². The highest BCUT2D eigenvalue weighted by atomic mass is 16.5. The number of hydrogen-bond acceptors (Lipinski definition) is 5. The predicted octanol–water partition coefficient (Wildman–Crippen LogP) is 2.67. The number of carbonyl (C=O) groups is 2. The van der Waals surface area contributed by atoms with Crippen molar-refractivity contribution in [3.8, 4) is 5.75 Å². The van der Waals surface area contributed by atoms with Crippen LogP contribution >= 0.6 is 0 Å². The number of nitrogens with zero attached hydrogens (tertiary/aromatic N) is 2. The van der Waals surface area contributed by atoms with Crippen LogP contribution < -0.4 is 15.6 Å². The van der Waals surface area contributed by atoms with Gasteiger partial charge in [-0.1, -0.05) is 30.3 Å². The first kappa shape index (κ1) is 18.3. The van der Waals surface area contributed by atoms with Crippen molar-refractivity contribution in [2.45, 2.75) is 13.2 Å². The van der Waals surface area contributed by atoms with Gasteiger partial charge in [0.05, 0.1) is 17.3 Å². The van der Waals surface area contributed by atoms with E-state index in [0.717, 1.165) is 11.0 Å². The molecule has 4 aromatic rings. The Morgan fingerprint density at radius 1 is 0.966 bits per heavy atom. The largest absolute Gasteiger partial charge is 0.486 e. The number of fused-ring (bicyclic) bond motifs is 1. The molecule has 0 aliphatic carbocycles. The minimum Gasteiger partial charge on any atom is -0.486 e. The first-order valence-electron chi connectivity index (χ1n) is 8.95. The summed E-state index contributed by atoms with van der Waals surface area (Å²) in [5, 5.41) is 0. The molecular formula is C21H18N4O4. The van der Waals surface area contributed by atoms with Gasteiger partial charge in [-0.05, 0) is 36.4 Å². The number of benzene rings is 2. The number of imidazole rings is 1. The van der Waals surface area contributed by atoms with Crippen molar-refractivity contribution >= 4 is 22.8 Å². The van der Waals surface area contributed by atoms with Crippen LogP contribution in [0.3, 0.4) is 0 Å². The molecule has 0 bridgehead atoms. The molecule has 8 nitrogen and oxygen atoms in total. The molecular weight excluding hydrogens is 372 g/mol. The second-order valence-corrected chi connectivity index (χ2v) is 6.18. The van der Waals surface area contributed by atoms with E-state index in [9.17, 15) is 9.59 Å². The highest BCUT2D eigenvalue weighted by molar-refractivity contribution is 5.93. The number of para-hydroxylation sites is 3. The number of ether oxygens (including phenoxy) is 1. The van der Waals surface area contributed by atoms with E-state index in [2.05, 4.69) is 15.8 Å². The molecule has 8 heteroatoms. The number of nitrogens with one attached hydrogen (secondary N) is 2. The van der Waals surface area contributed by atoms with Gasteiger partial charge < -0.3 is 13.7 Å². The summed E-state index contributed by atoms with van der Waals surface area (Å²) < 4.78 is 12.5. The molecule has 0 aliphatic rings. The number of carbonyl (C=O) groups excluding carboxylic acids is 2. The maximum absolute atomic E-state index is 12.4. The fourth-order valence-electron chi connectivity index (χ4n) is 2.86. The van der Waals surface area contributed by atoms with Gasteiger partial charge in [0, 0.05) is 0 Å². The first-order chi connectivity index (χ1) is 14.2. The Bertz CT molecular complexity index is 1120. The Hall–Kier alpha value is -4.07. The number of hydrogen-bond donors (Lipinski definition) is 2. The van der Waals surface area contributed by atoms with E-state index in [1.807, 2.05) is 54.6 Å². The third-order valence-electron chi connectivity index (χ3n) is 4.21. The lowest BCUT2D eigenvalue weighted by Crippen LogP contribution is -2.43. The second-order valence-electron chi connectivity index (χ2n) is 6.18. The van der Waals surface area contributed by atoms with Crippen molar-refractivity contribution < 1.29 is 18.7 Å². The monoisotopic (exact) mass is 390 g/mol. The van der Waals surface area contributed by atoms with Gasteiger partial charge in [-0.2, -0.15) is 0 Å². The fourth-order valence-corrected chi connectivity index (χ4v) is 2.86. The predicted molar refractivity (Wildman–Crippen MR) is 105 cm³/mol. The maximum atomic E-state index is 12.4. The zero-order valence-electron chi connectivity index (χ0n) is 15.4. The van der Waals surface area contributed by atoms with Crippen LogP contribution in [-0.2, 0) is 17.9 Å². The smallest absolute Gasteiger partial charge is 0.305 e. The van der Waals surface area contributed by atoms with Gasteiger partial charge in [0.1, 0.15) is 24.7 Å². The van der Waals surface area contributed by atoms with E-state index in [1.54, 1.807) is 10.6 Å². The Morgan fingerprint density at radius 3 is 2.55 bits per heavy atom. The molecule has 4 rings (SSSR count). The van der Waals surface area contributed by atoms with Crippen molar-refractivity contribution in [2.75, 3.05) is 0 Å². The van der Waals surface area contributed by atoms with Crippen LogP contribution in [0.1, 0.15) is 16.4 Å². The first-order valence-corrected chi connectivity index (χ1v) is 8.95. The minimum absolute atomic E-state index is 0.0353. The van der Waals surface area contributed by atoms with Gasteiger partial charge in [-0.15, -0.1) is 0 Å². The molecule has 2 heterocycles. The van der Waals surface area contributed by atoms with Crippen LogP contribution in [0, 0.1) is 0 Å². The number of hydrazine groups is 1. The van der Waals surface area contributed by atoms with Crippen molar-refractivity contribution in [3.63, 3.8) is 0 Å². The molecule has 0 saturated heterocycles. The fraction of sp³-hybridized carbons (Fsp3) is 0.0952. The molecule has 2 aromatic heterocycles. The quantitative estimate of drug-likeness (QED) is 0.493. The van der Waals surface area contributed by atoms with Crippen LogP contribution in [0.5, 0.6) is 5.75 Å². The van der Waals surface area contributed by atoms with Crippen LogP contribution in [0.2, 0.25) is 0 Å². The molecule has 2 amide bonds. The van der Waals surface area contributed by atoms with Crippen molar-refractivity contribution in [1.29, 1.82) is 0 Å². The van der Waals surface area contributed by atoms with Crippen molar-refractivity contribution in [3.05, 3.63) is 84.6 Å². The van der Waals surface area contributed by atoms with Gasteiger partial charge in [0.15, 0.2) is 5.76 Å². The molecule has 0 radical (unpaired) electrons. The lowest BCUT2D eigenvalue weighted by atomic mass is 10.3. The van der Waals surface area contributed by atoms with Gasteiger partial charge in [-0.25, -0.2) is 4.98 Å². The zero-order chi connectivity index (χ0) is 20.1. The number of amides is 2. The van der Waals surface area contributed by atoms with E-state index in [4.69, 9.17) is 9.15 Å². The molecule has 2 N–H and O–H groups in total. The SMILES string of the molecule is O=C(Cn1c(COc2ccccc2)nc2ccccc21)NNC(=O)c1ccco1. The standard InChI is InChI=1S/C21H18N4O4/c26-20(23-24-21(27)18-11-6-12-28-18)13-25-17-10-5-4-9-16(17)22-19(25)14-29-15-7-2-1-3-8-15/h1-12H,13-14H2,(H,23,26)(H,24,27). The van der Waals surface area contributed by atoms with Crippen molar-refractivity contribution in [1.82, 2.24) is 20.4 Å². The normalized spacial score (nSPS) is 10.6. The van der Waals surface area contributed by atoms with Crippen LogP contribution in [-0.4, -0.2) is 21.4 Å². The van der Waals surface area contributed by atoms with E-state index >= 15 is 0 Å².